The van der Waals surface area contributed by atoms with E-state index in [1.807, 2.05) is 6.07 Å². The number of benzene rings is 1. The summed E-state index contributed by atoms with van der Waals surface area (Å²) in [4.78, 5) is 11.9. The van der Waals surface area contributed by atoms with Crippen molar-refractivity contribution in [3.05, 3.63) is 50.9 Å². The quantitative estimate of drug-likeness (QED) is 0.897. The second-order valence-corrected chi connectivity index (χ2v) is 5.33. The second-order valence-electron chi connectivity index (χ2n) is 3.53. The van der Waals surface area contributed by atoms with Crippen LogP contribution in [0.15, 0.2) is 30.3 Å². The lowest BCUT2D eigenvalue weighted by Crippen LogP contribution is -2.08. The van der Waals surface area contributed by atoms with Crippen molar-refractivity contribution in [2.75, 3.05) is 5.32 Å². The van der Waals surface area contributed by atoms with Gasteiger partial charge in [-0.15, -0.1) is 11.3 Å². The molecule has 2 aromatic rings. The SMILES string of the molecule is O=C(O)c1c(F)cccc1NCc1ccc(Cl)s1. The summed E-state index contributed by atoms with van der Waals surface area (Å²) in [5.41, 5.74) is -0.0906. The number of rotatable bonds is 4. The molecule has 1 heterocycles. The molecule has 94 valence electrons. The molecular formula is C12H9ClFNO2S. The fourth-order valence-electron chi connectivity index (χ4n) is 1.52. The Bertz CT molecular complexity index is 585. The normalized spacial score (nSPS) is 10.3. The number of carboxylic acid groups (broad SMARTS) is 1. The fourth-order valence-corrected chi connectivity index (χ4v) is 2.55. The summed E-state index contributed by atoms with van der Waals surface area (Å²) in [5.74, 6) is -2.04. The topological polar surface area (TPSA) is 49.3 Å². The van der Waals surface area contributed by atoms with Gasteiger partial charge in [0.1, 0.15) is 11.4 Å². The van der Waals surface area contributed by atoms with E-state index in [-0.39, 0.29) is 11.3 Å². The summed E-state index contributed by atoms with van der Waals surface area (Å²) in [5, 5.41) is 11.8. The van der Waals surface area contributed by atoms with Crippen LogP contribution in [0.3, 0.4) is 0 Å². The molecule has 0 amide bonds. The smallest absolute Gasteiger partial charge is 0.340 e. The molecule has 2 rings (SSSR count). The molecule has 0 fully saturated rings. The Kier molecular flexibility index (Phi) is 3.84. The zero-order chi connectivity index (χ0) is 13.1. The Morgan fingerprint density at radius 2 is 2.17 bits per heavy atom. The van der Waals surface area contributed by atoms with E-state index in [9.17, 15) is 9.18 Å². The molecule has 0 saturated carbocycles. The van der Waals surface area contributed by atoms with E-state index in [1.54, 1.807) is 6.07 Å². The number of nitrogens with one attached hydrogen (secondary N) is 1. The van der Waals surface area contributed by atoms with Crippen LogP contribution in [0, 0.1) is 5.82 Å². The van der Waals surface area contributed by atoms with Crippen LogP contribution in [0.2, 0.25) is 4.34 Å². The Morgan fingerprint density at radius 3 is 2.78 bits per heavy atom. The van der Waals surface area contributed by atoms with Gasteiger partial charge in [0.25, 0.3) is 0 Å². The van der Waals surface area contributed by atoms with Crippen molar-refractivity contribution in [1.29, 1.82) is 0 Å². The van der Waals surface area contributed by atoms with Gasteiger partial charge < -0.3 is 10.4 Å². The third kappa shape index (κ3) is 2.80. The first-order chi connectivity index (χ1) is 8.58. The number of halogens is 2. The molecule has 1 aromatic carbocycles. The van der Waals surface area contributed by atoms with Gasteiger partial charge in [-0.2, -0.15) is 0 Å². The van der Waals surface area contributed by atoms with Crippen LogP contribution in [0.5, 0.6) is 0 Å². The minimum Gasteiger partial charge on any atom is -0.478 e. The molecule has 0 saturated heterocycles. The highest BCUT2D eigenvalue weighted by atomic mass is 35.5. The summed E-state index contributed by atoms with van der Waals surface area (Å²) in [6.07, 6.45) is 0. The second kappa shape index (κ2) is 5.37. The standard InChI is InChI=1S/C12H9ClFNO2S/c13-10-5-4-7(18-10)6-15-9-3-1-2-8(14)11(9)12(16)17/h1-5,15H,6H2,(H,16,17). The van der Waals surface area contributed by atoms with Crippen LogP contribution < -0.4 is 5.32 Å². The molecule has 0 aliphatic carbocycles. The summed E-state index contributed by atoms with van der Waals surface area (Å²) < 4.78 is 14.0. The average Bonchev–Trinajstić information content (AvgIpc) is 2.72. The number of anilines is 1. The molecular weight excluding hydrogens is 277 g/mol. The molecule has 6 heteroatoms. The van der Waals surface area contributed by atoms with Crippen molar-refractivity contribution in [2.24, 2.45) is 0 Å². The lowest BCUT2D eigenvalue weighted by Gasteiger charge is -2.08. The van der Waals surface area contributed by atoms with Crippen molar-refractivity contribution in [2.45, 2.75) is 6.54 Å². The zero-order valence-corrected chi connectivity index (χ0v) is 10.7. The highest BCUT2D eigenvalue weighted by Crippen LogP contribution is 2.24. The molecule has 3 nitrogen and oxygen atoms in total. The lowest BCUT2D eigenvalue weighted by molar-refractivity contribution is 0.0693. The van der Waals surface area contributed by atoms with Crippen LogP contribution in [-0.4, -0.2) is 11.1 Å². The summed E-state index contributed by atoms with van der Waals surface area (Å²) in [6.45, 7) is 0.404. The molecule has 1 aromatic heterocycles. The molecule has 0 bridgehead atoms. The largest absolute Gasteiger partial charge is 0.478 e. The molecule has 0 spiro atoms. The fraction of sp³-hybridized carbons (Fsp3) is 0.0833. The van der Waals surface area contributed by atoms with Gasteiger partial charge in [0, 0.05) is 11.4 Å². The summed E-state index contributed by atoms with van der Waals surface area (Å²) in [6, 6.07) is 7.70. The number of hydrogen-bond donors (Lipinski definition) is 2. The van der Waals surface area contributed by atoms with Crippen molar-refractivity contribution >= 4 is 34.6 Å². The Balaban J connectivity index is 2.19. The van der Waals surface area contributed by atoms with E-state index in [0.717, 1.165) is 10.9 Å². The van der Waals surface area contributed by atoms with Crippen molar-refractivity contribution < 1.29 is 14.3 Å². The molecule has 0 atom stereocenters. The van der Waals surface area contributed by atoms with E-state index in [2.05, 4.69) is 5.32 Å². The van der Waals surface area contributed by atoms with E-state index < -0.39 is 11.8 Å². The first-order valence-electron chi connectivity index (χ1n) is 5.08. The minimum atomic E-state index is -1.29. The van der Waals surface area contributed by atoms with Crippen molar-refractivity contribution in [1.82, 2.24) is 0 Å². The molecule has 2 N–H and O–H groups in total. The third-order valence-electron chi connectivity index (χ3n) is 2.31. The van der Waals surface area contributed by atoms with Crippen molar-refractivity contribution in [3.63, 3.8) is 0 Å². The van der Waals surface area contributed by atoms with Gasteiger partial charge in [-0.3, -0.25) is 0 Å². The Hall–Kier alpha value is -1.59. The minimum absolute atomic E-state index is 0.257. The Morgan fingerprint density at radius 1 is 1.39 bits per heavy atom. The zero-order valence-electron chi connectivity index (χ0n) is 9.11. The Labute approximate surface area is 112 Å². The number of carbonyl (C=O) groups is 1. The van der Waals surface area contributed by atoms with Gasteiger partial charge in [-0.1, -0.05) is 17.7 Å². The average molecular weight is 286 g/mol. The van der Waals surface area contributed by atoms with Gasteiger partial charge in [0.15, 0.2) is 0 Å². The maximum atomic E-state index is 13.4. The number of aromatic carboxylic acids is 1. The molecule has 0 aliphatic rings. The van der Waals surface area contributed by atoms with Gasteiger partial charge >= 0.3 is 5.97 Å². The molecule has 0 aliphatic heterocycles. The summed E-state index contributed by atoms with van der Waals surface area (Å²) in [7, 11) is 0. The van der Waals surface area contributed by atoms with Crippen LogP contribution >= 0.6 is 22.9 Å². The number of thiophene rings is 1. The monoisotopic (exact) mass is 285 g/mol. The van der Waals surface area contributed by atoms with Crippen LogP contribution in [-0.2, 0) is 6.54 Å². The molecule has 0 unspecified atom stereocenters. The maximum Gasteiger partial charge on any atom is 0.340 e. The third-order valence-corrected chi connectivity index (χ3v) is 3.54. The first-order valence-corrected chi connectivity index (χ1v) is 6.27. The van der Waals surface area contributed by atoms with Crippen LogP contribution in [0.4, 0.5) is 10.1 Å². The summed E-state index contributed by atoms with van der Waals surface area (Å²) >= 11 is 7.17. The molecule has 18 heavy (non-hydrogen) atoms. The maximum absolute atomic E-state index is 13.4. The first kappa shape index (κ1) is 12.9. The number of carboxylic acids is 1. The van der Waals surface area contributed by atoms with Gasteiger partial charge in [0.05, 0.1) is 10.0 Å². The van der Waals surface area contributed by atoms with Crippen LogP contribution in [0.1, 0.15) is 15.2 Å². The van der Waals surface area contributed by atoms with E-state index in [4.69, 9.17) is 16.7 Å². The van der Waals surface area contributed by atoms with Gasteiger partial charge in [0.2, 0.25) is 0 Å². The van der Waals surface area contributed by atoms with Gasteiger partial charge in [-0.05, 0) is 24.3 Å². The molecule has 0 radical (unpaired) electrons. The predicted octanol–water partition coefficient (Wildman–Crippen LogP) is 3.85. The highest BCUT2D eigenvalue weighted by Gasteiger charge is 2.15. The van der Waals surface area contributed by atoms with E-state index >= 15 is 0 Å². The van der Waals surface area contributed by atoms with E-state index in [0.29, 0.717) is 10.9 Å². The van der Waals surface area contributed by atoms with Crippen molar-refractivity contribution in [3.8, 4) is 0 Å². The van der Waals surface area contributed by atoms with Crippen LogP contribution in [0.25, 0.3) is 0 Å². The lowest BCUT2D eigenvalue weighted by atomic mass is 10.1. The number of hydrogen-bond acceptors (Lipinski definition) is 3. The predicted molar refractivity (Wildman–Crippen MR) is 70.0 cm³/mol. The van der Waals surface area contributed by atoms with Gasteiger partial charge in [-0.25, -0.2) is 9.18 Å². The van der Waals surface area contributed by atoms with E-state index in [1.165, 1.54) is 23.5 Å². The highest BCUT2D eigenvalue weighted by molar-refractivity contribution is 7.16.